The highest BCUT2D eigenvalue weighted by Gasteiger charge is 2.34. The van der Waals surface area contributed by atoms with E-state index in [1.165, 1.54) is 0 Å². The highest BCUT2D eigenvalue weighted by atomic mass is 35.6. The number of benzene rings is 1. The lowest BCUT2D eigenvalue weighted by Gasteiger charge is -2.31. The molecule has 1 amide bonds. The molecule has 18 heteroatoms. The fourth-order valence-corrected chi connectivity index (χ4v) is 5.56. The van der Waals surface area contributed by atoms with Crippen molar-refractivity contribution >= 4 is 78.4 Å². The Morgan fingerprint density at radius 3 is 2.63 bits per heavy atom. The van der Waals surface area contributed by atoms with Crippen LogP contribution in [0, 0.1) is 0 Å². The third-order valence-electron chi connectivity index (χ3n) is 4.18. The third-order valence-corrected chi connectivity index (χ3v) is 7.16. The smallest absolute Gasteiger partial charge is 0.407 e. The van der Waals surface area contributed by atoms with E-state index in [2.05, 4.69) is 23.9 Å². The van der Waals surface area contributed by atoms with Crippen molar-refractivity contribution in [1.82, 2.24) is 14.8 Å². The van der Waals surface area contributed by atoms with Gasteiger partial charge in [0.1, 0.15) is 13.2 Å². The van der Waals surface area contributed by atoms with E-state index in [1.807, 2.05) is 6.07 Å². The first-order valence-corrected chi connectivity index (χ1v) is 14.9. The second kappa shape index (κ2) is 13.5. The van der Waals surface area contributed by atoms with Crippen LogP contribution in [0.3, 0.4) is 0 Å². The normalized spacial score (nSPS) is 20.7. The molecule has 0 aromatic heterocycles. The molecule has 1 aliphatic rings. The number of rotatable bonds is 9. The van der Waals surface area contributed by atoms with Gasteiger partial charge < -0.3 is 10.1 Å². The maximum Gasteiger partial charge on any atom is 0.407 e. The predicted octanol–water partition coefficient (Wildman–Crippen LogP) is 1.84. The first kappa shape index (κ1) is 30.2. The average Bonchev–Trinajstić information content (AvgIpc) is 2.77. The minimum Gasteiger partial charge on any atom is -0.445 e. The number of alkyl halides is 3. The number of thioether (sulfide) groups is 1. The summed E-state index contributed by atoms with van der Waals surface area (Å²) < 4.78 is 64.5. The summed E-state index contributed by atoms with van der Waals surface area (Å²) in [6, 6.07) is 7.42. The van der Waals surface area contributed by atoms with Crippen molar-refractivity contribution in [3.05, 3.63) is 35.9 Å². The van der Waals surface area contributed by atoms with E-state index in [4.69, 9.17) is 43.7 Å². The Hall–Kier alpha value is -1.04. The summed E-state index contributed by atoms with van der Waals surface area (Å²) in [6.07, 6.45) is 0.883. The van der Waals surface area contributed by atoms with Gasteiger partial charge in [-0.25, -0.2) is 13.7 Å². The summed E-state index contributed by atoms with van der Waals surface area (Å²) in [7, 11) is -8.34. The summed E-state index contributed by atoms with van der Waals surface area (Å²) in [5, 5.41) is 2.52. The molecule has 12 nitrogen and oxygen atoms in total. The summed E-state index contributed by atoms with van der Waals surface area (Å²) in [5.41, 5.74) is 0.777. The summed E-state index contributed by atoms with van der Waals surface area (Å²) in [4.78, 5) is 16.3. The van der Waals surface area contributed by atoms with Gasteiger partial charge in [-0.05, 0) is 18.2 Å². The molecule has 35 heavy (non-hydrogen) atoms. The van der Waals surface area contributed by atoms with Crippen molar-refractivity contribution in [2.45, 2.75) is 28.9 Å². The van der Waals surface area contributed by atoms with Crippen molar-refractivity contribution in [2.75, 3.05) is 26.0 Å². The van der Waals surface area contributed by atoms with Crippen molar-refractivity contribution < 1.29 is 34.7 Å². The minimum absolute atomic E-state index is 0.0203. The largest absolute Gasteiger partial charge is 0.445 e. The highest BCUT2D eigenvalue weighted by Crippen LogP contribution is 2.26. The fraction of sp³-hybridized carbons (Fsp3) is 0.529. The lowest BCUT2D eigenvalue weighted by atomic mass is 10.1. The Bertz CT molecular complexity index is 1090. The molecule has 0 saturated carbocycles. The van der Waals surface area contributed by atoms with Gasteiger partial charge in [0.05, 0.1) is 12.6 Å². The number of alkyl carbamates (subject to hydrolysis) is 1. The van der Waals surface area contributed by atoms with E-state index in [-0.39, 0.29) is 31.3 Å². The van der Waals surface area contributed by atoms with E-state index in [0.717, 1.165) is 17.3 Å². The van der Waals surface area contributed by atoms with Crippen molar-refractivity contribution in [1.29, 1.82) is 0 Å². The molecule has 0 spiro atoms. The maximum absolute atomic E-state index is 12.2. The Kier molecular flexibility index (Phi) is 11.6. The first-order valence-electron chi connectivity index (χ1n) is 9.75. The molecule has 2 rings (SSSR count). The van der Waals surface area contributed by atoms with Gasteiger partial charge in [-0.2, -0.15) is 21.6 Å². The molecule has 1 saturated heterocycles. The number of hydrogen-bond donors (Lipinski definition) is 3. The van der Waals surface area contributed by atoms with Crippen molar-refractivity contribution in [2.24, 2.45) is 4.99 Å². The molecule has 198 valence electrons. The molecule has 1 aromatic carbocycles. The van der Waals surface area contributed by atoms with Crippen LogP contribution in [0.15, 0.2) is 35.3 Å². The molecule has 2 atom stereocenters. The number of amidine groups is 1. The summed E-state index contributed by atoms with van der Waals surface area (Å²) in [5.74, 6) is 0. The van der Waals surface area contributed by atoms with Crippen LogP contribution in [0.25, 0.3) is 0 Å². The minimum atomic E-state index is -4.32. The number of carbonyl (C=O) groups is 1. The zero-order chi connectivity index (χ0) is 26.1. The van der Waals surface area contributed by atoms with Crippen molar-refractivity contribution in [3.8, 4) is 0 Å². The highest BCUT2D eigenvalue weighted by molar-refractivity contribution is 8.14. The van der Waals surface area contributed by atoms with Crippen LogP contribution in [0.1, 0.15) is 12.0 Å². The van der Waals surface area contributed by atoms with Gasteiger partial charge in [0, 0.05) is 12.6 Å². The number of carbonyl (C=O) groups excluding carboxylic acids is 1. The quantitative estimate of drug-likeness (QED) is 0.214. The van der Waals surface area contributed by atoms with Crippen LogP contribution in [-0.2, 0) is 40.3 Å². The number of nitrogens with zero attached hydrogens (tertiary/aromatic N) is 1. The maximum atomic E-state index is 12.2. The molecule has 1 fully saturated rings. The van der Waals surface area contributed by atoms with Gasteiger partial charge in [-0.15, -0.1) is 0 Å². The Labute approximate surface area is 222 Å². The topological polar surface area (TPSA) is 161 Å². The lowest BCUT2D eigenvalue weighted by Crippen LogP contribution is -2.58. The third kappa shape index (κ3) is 12.2. The number of nitrogens with one attached hydrogen (secondary N) is 3. The number of hydrogen-bond acceptors (Lipinski definition) is 10. The number of aliphatic imine (C=N–C) groups is 1. The summed E-state index contributed by atoms with van der Waals surface area (Å²) >= 11 is 17.4. The van der Waals surface area contributed by atoms with Crippen LogP contribution >= 0.6 is 46.6 Å². The molecule has 0 unspecified atom stereocenters. The van der Waals surface area contributed by atoms with Crippen LogP contribution in [-0.4, -0.2) is 70.0 Å². The fourth-order valence-electron chi connectivity index (χ4n) is 2.62. The second-order valence-corrected chi connectivity index (χ2v) is 12.9. The molecule has 0 radical (unpaired) electrons. The molecule has 0 aliphatic carbocycles. The van der Waals surface area contributed by atoms with Gasteiger partial charge in [0.15, 0.2) is 5.17 Å². The van der Waals surface area contributed by atoms with E-state index >= 15 is 0 Å². The van der Waals surface area contributed by atoms with Crippen LogP contribution in [0.2, 0.25) is 0 Å². The zero-order valence-corrected chi connectivity index (χ0v) is 22.9. The Balaban J connectivity index is 1.94. The Morgan fingerprint density at radius 2 is 2.00 bits per heavy atom. The SMILES string of the molecule is CSC(=NCC[C@@H]1NS(=O)(=O)OC[C@H]1NC(=O)OCc1ccccc1)NS(=O)(=O)OCC(Cl)(Cl)Cl. The van der Waals surface area contributed by atoms with Gasteiger partial charge in [-0.1, -0.05) is 76.9 Å². The molecule has 3 N–H and O–H groups in total. The number of halogens is 3. The molecular weight excluding hydrogens is 591 g/mol. The van der Waals surface area contributed by atoms with Gasteiger partial charge >= 0.3 is 26.7 Å². The van der Waals surface area contributed by atoms with Crippen LogP contribution < -0.4 is 14.8 Å². The van der Waals surface area contributed by atoms with Gasteiger partial charge in [0.2, 0.25) is 3.79 Å². The van der Waals surface area contributed by atoms with Crippen LogP contribution in [0.4, 0.5) is 4.79 Å². The molecule has 0 bridgehead atoms. The number of ether oxygens (including phenoxy) is 1. The molecule has 1 aromatic rings. The monoisotopic (exact) mass is 612 g/mol. The second-order valence-electron chi connectivity index (χ2n) is 6.89. The lowest BCUT2D eigenvalue weighted by molar-refractivity contribution is 0.122. The first-order chi connectivity index (χ1) is 16.3. The van der Waals surface area contributed by atoms with Gasteiger partial charge in [-0.3, -0.25) is 9.18 Å². The van der Waals surface area contributed by atoms with Gasteiger partial charge in [0.25, 0.3) is 0 Å². The standard InChI is InChI=1S/C17H23Cl3N4O8S3/c1-33-15(24-35(28,29)32-11-17(18,19)20)21-8-7-13-14(10-31-34(26,27)23-13)22-16(25)30-9-12-5-3-2-4-6-12/h2-6,13-14,23H,7-11H2,1H3,(H,21,24)(H,22,25)/t13-,14+/m0/s1. The molecule has 1 aliphatic heterocycles. The van der Waals surface area contributed by atoms with Crippen LogP contribution in [0.5, 0.6) is 0 Å². The van der Waals surface area contributed by atoms with E-state index in [0.29, 0.717) is 0 Å². The zero-order valence-electron chi connectivity index (χ0n) is 18.1. The molecule has 1 heterocycles. The van der Waals surface area contributed by atoms with E-state index in [9.17, 15) is 21.6 Å². The van der Waals surface area contributed by atoms with Crippen molar-refractivity contribution in [3.63, 3.8) is 0 Å². The van der Waals surface area contributed by atoms with E-state index < -0.39 is 49.2 Å². The number of amides is 1. The molecular formula is C17H23Cl3N4O8S3. The summed E-state index contributed by atoms with van der Waals surface area (Å²) in [6.45, 7) is -1.03. The Morgan fingerprint density at radius 1 is 1.31 bits per heavy atom. The predicted molar refractivity (Wildman–Crippen MR) is 134 cm³/mol. The van der Waals surface area contributed by atoms with E-state index in [1.54, 1.807) is 30.5 Å². The average molecular weight is 614 g/mol.